The molecule has 3 heterocycles. The molecule has 0 unspecified atom stereocenters. The van der Waals surface area contributed by atoms with Crippen LogP contribution in [-0.2, 0) is 36.4 Å². The molecule has 4 aromatic rings. The largest absolute Gasteiger partial charge is 0.364 e. The Morgan fingerprint density at radius 3 is 2.26 bits per heavy atom. The van der Waals surface area contributed by atoms with E-state index in [1.54, 1.807) is 42.5 Å². The van der Waals surface area contributed by atoms with Crippen molar-refractivity contribution in [1.82, 2.24) is 9.80 Å². The number of piperazine rings is 1. The van der Waals surface area contributed by atoms with E-state index in [2.05, 4.69) is 11.8 Å². The maximum atomic E-state index is 14.5. The normalized spacial score (nSPS) is 21.8. The fraction of sp³-hybridized carbons (Fsp3) is 0.243. The van der Waals surface area contributed by atoms with E-state index in [4.69, 9.17) is 4.74 Å². The Bertz CT molecular complexity index is 1950. The van der Waals surface area contributed by atoms with Crippen LogP contribution in [0.25, 0.3) is 0 Å². The van der Waals surface area contributed by atoms with Gasteiger partial charge in [-0.3, -0.25) is 9.59 Å². The number of anilines is 1. The molecule has 7 rings (SSSR count). The van der Waals surface area contributed by atoms with Crippen LogP contribution in [-0.4, -0.2) is 61.9 Å². The van der Waals surface area contributed by atoms with Crippen molar-refractivity contribution in [2.75, 3.05) is 24.0 Å². The number of ether oxygens (including phenoxy) is 1. The van der Waals surface area contributed by atoms with Crippen LogP contribution >= 0.6 is 0 Å². The Labute approximate surface area is 269 Å². The molecule has 46 heavy (non-hydrogen) atoms. The topological polar surface area (TPSA) is 87.2 Å². The first-order valence-corrected chi connectivity index (χ1v) is 16.7. The van der Waals surface area contributed by atoms with Crippen molar-refractivity contribution in [3.8, 4) is 11.8 Å². The summed E-state index contributed by atoms with van der Waals surface area (Å²) in [4.78, 5) is 31.3. The number of carbonyl (C=O) groups excluding carboxylic acids is 2. The maximum absolute atomic E-state index is 14.5. The molecule has 0 bridgehead atoms. The van der Waals surface area contributed by atoms with Gasteiger partial charge in [-0.05, 0) is 48.2 Å². The molecular formula is C37H33N3O5S. The molecule has 9 heteroatoms. The van der Waals surface area contributed by atoms with E-state index in [9.17, 15) is 18.0 Å². The molecule has 0 aliphatic carbocycles. The molecule has 0 radical (unpaired) electrons. The van der Waals surface area contributed by atoms with Gasteiger partial charge in [-0.1, -0.05) is 108 Å². The average molecular weight is 632 g/mol. The molecule has 0 N–H and O–H groups in total. The van der Waals surface area contributed by atoms with Crippen LogP contribution in [0.4, 0.5) is 5.69 Å². The second-order valence-corrected chi connectivity index (χ2v) is 13.7. The van der Waals surface area contributed by atoms with Gasteiger partial charge in [0.2, 0.25) is 11.8 Å². The fourth-order valence-electron chi connectivity index (χ4n) is 7.07. The fourth-order valence-corrected chi connectivity index (χ4v) is 8.77. The highest BCUT2D eigenvalue weighted by Gasteiger charge is 2.67. The first-order chi connectivity index (χ1) is 22.3. The van der Waals surface area contributed by atoms with E-state index in [0.29, 0.717) is 12.3 Å². The zero-order chi connectivity index (χ0) is 31.9. The Kier molecular flexibility index (Phi) is 7.63. The van der Waals surface area contributed by atoms with Gasteiger partial charge in [0.05, 0.1) is 29.1 Å². The van der Waals surface area contributed by atoms with Crippen LogP contribution in [0.3, 0.4) is 0 Å². The molecule has 0 saturated carbocycles. The third-order valence-corrected chi connectivity index (χ3v) is 10.9. The molecule has 8 nitrogen and oxygen atoms in total. The summed E-state index contributed by atoms with van der Waals surface area (Å²) in [5.41, 5.74) is 3.28. The van der Waals surface area contributed by atoms with Gasteiger partial charge in [0, 0.05) is 0 Å². The minimum atomic E-state index is -4.13. The summed E-state index contributed by atoms with van der Waals surface area (Å²) in [6.07, 6.45) is -0.716. The Morgan fingerprint density at radius 1 is 0.848 bits per heavy atom. The second kappa shape index (κ2) is 11.8. The van der Waals surface area contributed by atoms with Crippen LogP contribution in [0.15, 0.2) is 114 Å². The first kappa shape index (κ1) is 29.8. The number of para-hydroxylation sites is 1. The van der Waals surface area contributed by atoms with Crippen LogP contribution in [0, 0.1) is 18.8 Å². The smallest absolute Gasteiger partial charge is 0.266 e. The van der Waals surface area contributed by atoms with Crippen molar-refractivity contribution >= 4 is 27.5 Å². The molecule has 3 aliphatic rings. The summed E-state index contributed by atoms with van der Waals surface area (Å²) in [5, 5.41) is 0. The van der Waals surface area contributed by atoms with Gasteiger partial charge in [0.25, 0.3) is 10.0 Å². The number of aryl methyl sites for hydroxylation is 1. The predicted octanol–water partition coefficient (Wildman–Crippen LogP) is 4.48. The molecule has 0 aromatic heterocycles. The highest BCUT2D eigenvalue weighted by atomic mass is 32.2. The van der Waals surface area contributed by atoms with Gasteiger partial charge in [0.1, 0.15) is 25.4 Å². The number of hydrogen-bond acceptors (Lipinski definition) is 5. The van der Waals surface area contributed by atoms with Crippen LogP contribution in [0.1, 0.15) is 28.7 Å². The van der Waals surface area contributed by atoms with E-state index in [0.717, 1.165) is 22.3 Å². The van der Waals surface area contributed by atoms with E-state index >= 15 is 0 Å². The lowest BCUT2D eigenvalue weighted by atomic mass is 9.72. The van der Waals surface area contributed by atoms with Gasteiger partial charge in [-0.2, -0.15) is 0 Å². The SMILES string of the molecule is Cc1ccc([C@]23C[C@H]4C(=O)N(CC#CCOCc5ccccc5)CC(=O)N4[C@H]2N(S(=O)(=O)c2ccccc2)c2ccccc23)cc1. The average Bonchev–Trinajstić information content (AvgIpc) is 3.57. The number of benzene rings is 4. The summed E-state index contributed by atoms with van der Waals surface area (Å²) in [5.74, 6) is 5.40. The van der Waals surface area contributed by atoms with E-state index in [-0.39, 0.29) is 42.8 Å². The van der Waals surface area contributed by atoms with Crippen molar-refractivity contribution in [3.63, 3.8) is 0 Å². The lowest BCUT2D eigenvalue weighted by Gasteiger charge is -2.42. The molecule has 2 fully saturated rings. The highest BCUT2D eigenvalue weighted by Crippen LogP contribution is 2.59. The summed E-state index contributed by atoms with van der Waals surface area (Å²) >= 11 is 0. The standard InChI is InChI=1S/C37H33N3O5S/c1-27-18-20-29(21-19-27)37-24-33-35(42)38(22-10-11-23-45-26-28-12-4-2-5-13-28)25-34(41)39(33)36(37)40(32-17-9-8-16-31(32)37)46(43,44)30-14-6-3-7-15-30/h2-9,12-21,33,36H,22-26H2,1H3/t33-,36-,37-/m0/s1. The molecule has 232 valence electrons. The molecule has 2 amide bonds. The van der Waals surface area contributed by atoms with E-state index in [1.165, 1.54) is 14.1 Å². The quantitative estimate of drug-likeness (QED) is 0.222. The van der Waals surface area contributed by atoms with Gasteiger partial charge in [-0.15, -0.1) is 0 Å². The van der Waals surface area contributed by atoms with Gasteiger partial charge in [-0.25, -0.2) is 12.7 Å². The molecular weight excluding hydrogens is 598 g/mol. The van der Waals surface area contributed by atoms with E-state index in [1.807, 2.05) is 73.7 Å². The molecule has 4 aromatic carbocycles. The van der Waals surface area contributed by atoms with Gasteiger partial charge in [0.15, 0.2) is 0 Å². The zero-order valence-electron chi connectivity index (χ0n) is 25.4. The minimum absolute atomic E-state index is 0.0778. The summed E-state index contributed by atoms with van der Waals surface area (Å²) in [7, 11) is -4.13. The maximum Gasteiger partial charge on any atom is 0.266 e. The van der Waals surface area contributed by atoms with Gasteiger partial charge < -0.3 is 14.5 Å². The van der Waals surface area contributed by atoms with Crippen molar-refractivity contribution in [2.45, 2.75) is 42.5 Å². The third kappa shape index (κ3) is 4.85. The second-order valence-electron chi connectivity index (χ2n) is 11.9. The first-order valence-electron chi connectivity index (χ1n) is 15.3. The number of fused-ring (bicyclic) bond motifs is 5. The zero-order valence-corrected chi connectivity index (χ0v) is 26.2. The van der Waals surface area contributed by atoms with Gasteiger partial charge >= 0.3 is 0 Å². The minimum Gasteiger partial charge on any atom is -0.364 e. The summed E-state index contributed by atoms with van der Waals surface area (Å²) < 4.78 is 36.0. The lowest BCUT2D eigenvalue weighted by molar-refractivity contribution is -0.154. The highest BCUT2D eigenvalue weighted by molar-refractivity contribution is 7.92. The van der Waals surface area contributed by atoms with E-state index < -0.39 is 27.6 Å². The van der Waals surface area contributed by atoms with Crippen molar-refractivity contribution in [1.29, 1.82) is 0 Å². The number of nitrogens with zero attached hydrogens (tertiary/aromatic N) is 3. The third-order valence-electron chi connectivity index (χ3n) is 9.16. The summed E-state index contributed by atoms with van der Waals surface area (Å²) in [6, 6.07) is 32.5. The molecule has 2 saturated heterocycles. The Morgan fingerprint density at radius 2 is 1.52 bits per heavy atom. The van der Waals surface area contributed by atoms with Crippen LogP contribution in [0.2, 0.25) is 0 Å². The van der Waals surface area contributed by atoms with Crippen molar-refractivity contribution in [2.24, 2.45) is 0 Å². The number of carbonyl (C=O) groups is 2. The van der Waals surface area contributed by atoms with Crippen molar-refractivity contribution < 1.29 is 22.7 Å². The number of sulfonamides is 1. The van der Waals surface area contributed by atoms with Crippen LogP contribution < -0.4 is 4.31 Å². The monoisotopic (exact) mass is 631 g/mol. The molecule has 0 spiro atoms. The number of amides is 2. The Balaban J connectivity index is 1.24. The van der Waals surface area contributed by atoms with Crippen LogP contribution in [0.5, 0.6) is 0 Å². The number of hydrogen-bond donors (Lipinski definition) is 0. The number of rotatable bonds is 7. The molecule has 3 aliphatic heterocycles. The van der Waals surface area contributed by atoms with Crippen molar-refractivity contribution in [3.05, 3.63) is 131 Å². The predicted molar refractivity (Wildman–Crippen MR) is 174 cm³/mol. The Hall–Kier alpha value is -4.91. The summed E-state index contributed by atoms with van der Waals surface area (Å²) in [6.45, 7) is 2.51. The lowest BCUT2D eigenvalue weighted by Crippen LogP contribution is -2.63. The molecule has 3 atom stereocenters.